The average molecular weight is 255 g/mol. The van der Waals surface area contributed by atoms with Gasteiger partial charge in [0.15, 0.2) is 0 Å². The van der Waals surface area contributed by atoms with Crippen LogP contribution in [0.5, 0.6) is 0 Å². The van der Waals surface area contributed by atoms with E-state index in [9.17, 15) is 15.0 Å². The van der Waals surface area contributed by atoms with Crippen molar-refractivity contribution in [1.82, 2.24) is 0 Å². The number of ether oxygens (including phenoxy) is 2. The fourth-order valence-electron chi connectivity index (χ4n) is 1.37. The molecule has 16 heavy (non-hydrogen) atoms. The smallest absolute Gasteiger partial charge is 0.304 e. The standard InChI is InChI=1S/C8H15NO6.H3P/c1-3(11)14-8-5(9)7(13)6(12)4(2-10)15-8;/h4-8,10,12-13H,2,9H2,1H3;1H3/t4-,5-,6-,7-,8?;/m1./s1. The van der Waals surface area contributed by atoms with Crippen LogP contribution in [0.25, 0.3) is 0 Å². The Morgan fingerprint density at radius 3 is 2.44 bits per heavy atom. The molecule has 0 bridgehead atoms. The van der Waals surface area contributed by atoms with E-state index in [2.05, 4.69) is 4.74 Å². The first-order chi connectivity index (χ1) is 6.97. The number of carbonyl (C=O) groups excluding carboxylic acids is 1. The van der Waals surface area contributed by atoms with Gasteiger partial charge in [0.1, 0.15) is 18.3 Å². The number of hydrogen-bond donors (Lipinski definition) is 4. The molecule has 6 atom stereocenters. The highest BCUT2D eigenvalue weighted by atomic mass is 31.0. The maximum absolute atomic E-state index is 10.7. The zero-order chi connectivity index (χ0) is 11.6. The number of carbonyl (C=O) groups is 1. The largest absolute Gasteiger partial charge is 0.434 e. The maximum Gasteiger partial charge on any atom is 0.304 e. The van der Waals surface area contributed by atoms with Crippen LogP contribution in [0.2, 0.25) is 0 Å². The molecule has 0 radical (unpaired) electrons. The van der Waals surface area contributed by atoms with E-state index in [0.717, 1.165) is 0 Å². The van der Waals surface area contributed by atoms with Gasteiger partial charge >= 0.3 is 5.97 Å². The molecule has 1 aliphatic rings. The Morgan fingerprint density at radius 1 is 1.44 bits per heavy atom. The van der Waals surface area contributed by atoms with Gasteiger partial charge in [0.25, 0.3) is 0 Å². The molecule has 0 aromatic heterocycles. The molecule has 1 rings (SSSR count). The van der Waals surface area contributed by atoms with Crippen molar-refractivity contribution in [3.05, 3.63) is 0 Å². The lowest BCUT2D eigenvalue weighted by molar-refractivity contribution is -0.258. The van der Waals surface area contributed by atoms with Crippen LogP contribution < -0.4 is 5.73 Å². The maximum atomic E-state index is 10.7. The van der Waals surface area contributed by atoms with Crippen LogP contribution in [0.4, 0.5) is 0 Å². The van der Waals surface area contributed by atoms with Gasteiger partial charge in [-0.2, -0.15) is 9.90 Å². The van der Waals surface area contributed by atoms with Crippen molar-refractivity contribution >= 4 is 15.9 Å². The van der Waals surface area contributed by atoms with Crippen LogP contribution in [0.3, 0.4) is 0 Å². The van der Waals surface area contributed by atoms with Crippen LogP contribution in [0, 0.1) is 0 Å². The molecule has 0 aliphatic carbocycles. The van der Waals surface area contributed by atoms with Crippen molar-refractivity contribution < 1.29 is 29.6 Å². The molecule has 7 nitrogen and oxygen atoms in total. The van der Waals surface area contributed by atoms with E-state index in [1.54, 1.807) is 0 Å². The summed E-state index contributed by atoms with van der Waals surface area (Å²) in [6.45, 7) is 0.671. The quantitative estimate of drug-likeness (QED) is 0.314. The summed E-state index contributed by atoms with van der Waals surface area (Å²) in [6, 6.07) is -1.04. The van der Waals surface area contributed by atoms with Crippen LogP contribution in [0.15, 0.2) is 0 Å². The second kappa shape index (κ2) is 6.44. The van der Waals surface area contributed by atoms with Gasteiger partial charge in [0.2, 0.25) is 6.29 Å². The predicted molar refractivity (Wildman–Crippen MR) is 58.6 cm³/mol. The topological polar surface area (TPSA) is 122 Å². The molecule has 5 N–H and O–H groups in total. The summed E-state index contributed by atoms with van der Waals surface area (Å²) in [4.78, 5) is 10.7. The molecular formula is C8H18NO6P. The highest BCUT2D eigenvalue weighted by Gasteiger charge is 2.43. The molecule has 0 spiro atoms. The molecule has 0 saturated carbocycles. The van der Waals surface area contributed by atoms with E-state index in [4.69, 9.17) is 15.6 Å². The Balaban J connectivity index is 0.00000225. The predicted octanol–water partition coefficient (Wildman–Crippen LogP) is -2.63. The summed E-state index contributed by atoms with van der Waals surface area (Å²) in [7, 11) is 0. The number of nitrogens with two attached hydrogens (primary N) is 1. The van der Waals surface area contributed by atoms with Gasteiger partial charge in [-0.3, -0.25) is 4.79 Å². The molecular weight excluding hydrogens is 237 g/mol. The zero-order valence-corrected chi connectivity index (χ0v) is 10.4. The van der Waals surface area contributed by atoms with Crippen molar-refractivity contribution in [2.45, 2.75) is 37.6 Å². The molecule has 1 aliphatic heterocycles. The van der Waals surface area contributed by atoms with Gasteiger partial charge in [0.05, 0.1) is 12.6 Å². The monoisotopic (exact) mass is 255 g/mol. The van der Waals surface area contributed by atoms with Crippen molar-refractivity contribution in [3.8, 4) is 0 Å². The zero-order valence-electron chi connectivity index (χ0n) is 8.94. The third-order valence-corrected chi connectivity index (χ3v) is 2.21. The van der Waals surface area contributed by atoms with E-state index >= 15 is 0 Å². The van der Waals surface area contributed by atoms with E-state index in [0.29, 0.717) is 0 Å². The van der Waals surface area contributed by atoms with E-state index in [1.165, 1.54) is 6.92 Å². The van der Waals surface area contributed by atoms with Crippen LogP contribution in [-0.4, -0.2) is 58.5 Å². The lowest BCUT2D eigenvalue weighted by Crippen LogP contribution is -2.62. The van der Waals surface area contributed by atoms with Crippen molar-refractivity contribution in [2.24, 2.45) is 5.73 Å². The Kier molecular flexibility index (Phi) is 6.32. The number of esters is 1. The minimum absolute atomic E-state index is 0. The third kappa shape index (κ3) is 3.35. The lowest BCUT2D eigenvalue weighted by atomic mass is 9.98. The number of hydrogen-bond acceptors (Lipinski definition) is 7. The molecule has 0 aromatic rings. The molecule has 96 valence electrons. The van der Waals surface area contributed by atoms with Gasteiger partial charge in [-0.1, -0.05) is 0 Å². The van der Waals surface area contributed by atoms with Crippen molar-refractivity contribution in [3.63, 3.8) is 0 Å². The lowest BCUT2D eigenvalue weighted by Gasteiger charge is -2.39. The first kappa shape index (κ1) is 15.7. The highest BCUT2D eigenvalue weighted by Crippen LogP contribution is 2.20. The van der Waals surface area contributed by atoms with Crippen LogP contribution >= 0.6 is 9.90 Å². The minimum atomic E-state index is -1.31. The Bertz CT molecular complexity index is 239. The second-order valence-corrected chi connectivity index (χ2v) is 3.39. The second-order valence-electron chi connectivity index (χ2n) is 3.39. The number of rotatable bonds is 2. The van der Waals surface area contributed by atoms with Crippen LogP contribution in [0.1, 0.15) is 6.92 Å². The van der Waals surface area contributed by atoms with Gasteiger partial charge in [-0.25, -0.2) is 0 Å². The molecule has 8 heteroatoms. The van der Waals surface area contributed by atoms with E-state index in [1.807, 2.05) is 0 Å². The summed E-state index contributed by atoms with van der Waals surface area (Å²) < 4.78 is 9.70. The fourth-order valence-corrected chi connectivity index (χ4v) is 1.37. The fraction of sp³-hybridized carbons (Fsp3) is 0.875. The van der Waals surface area contributed by atoms with Gasteiger partial charge in [-0.05, 0) is 0 Å². The Hall–Kier alpha value is -0.300. The molecule has 1 saturated heterocycles. The third-order valence-electron chi connectivity index (χ3n) is 2.21. The van der Waals surface area contributed by atoms with Crippen molar-refractivity contribution in [1.29, 1.82) is 0 Å². The molecule has 0 aromatic carbocycles. The van der Waals surface area contributed by atoms with Gasteiger partial charge in [-0.15, -0.1) is 0 Å². The first-order valence-electron chi connectivity index (χ1n) is 4.52. The summed E-state index contributed by atoms with van der Waals surface area (Å²) in [5.41, 5.74) is 5.48. The van der Waals surface area contributed by atoms with Gasteiger partial charge in [0, 0.05) is 6.92 Å². The summed E-state index contributed by atoms with van der Waals surface area (Å²) in [6.07, 6.45) is -4.76. The van der Waals surface area contributed by atoms with Crippen LogP contribution in [-0.2, 0) is 14.3 Å². The molecule has 1 heterocycles. The summed E-state index contributed by atoms with van der Waals surface area (Å²) in [5.74, 6) is -0.615. The Morgan fingerprint density at radius 2 is 2.00 bits per heavy atom. The number of aliphatic hydroxyl groups excluding tert-OH is 3. The van der Waals surface area contributed by atoms with Gasteiger partial charge < -0.3 is 30.5 Å². The van der Waals surface area contributed by atoms with Crippen molar-refractivity contribution in [2.75, 3.05) is 6.61 Å². The van der Waals surface area contributed by atoms with E-state index in [-0.39, 0.29) is 9.90 Å². The SMILES string of the molecule is CC(=O)OC1O[C@H](CO)[C@@H](O)[C@H](O)[C@H]1N.P. The number of aliphatic hydroxyl groups is 3. The average Bonchev–Trinajstić information content (AvgIpc) is 2.18. The molecule has 2 unspecified atom stereocenters. The molecule has 1 fully saturated rings. The molecule has 0 amide bonds. The first-order valence-corrected chi connectivity index (χ1v) is 4.52. The summed E-state index contributed by atoms with van der Waals surface area (Å²) in [5, 5.41) is 27.7. The Labute approximate surface area is 96.2 Å². The highest BCUT2D eigenvalue weighted by molar-refractivity contribution is 6.92. The summed E-state index contributed by atoms with van der Waals surface area (Å²) >= 11 is 0. The van der Waals surface area contributed by atoms with E-state index < -0.39 is 43.2 Å². The minimum Gasteiger partial charge on any atom is -0.434 e. The normalized spacial score (nSPS) is 38.7.